The summed E-state index contributed by atoms with van der Waals surface area (Å²) < 4.78 is 0. The Morgan fingerprint density at radius 1 is 1.00 bits per heavy atom. The van der Waals surface area contributed by atoms with Gasteiger partial charge in [0, 0.05) is 41.3 Å². The largest absolute Gasteiger partial charge is 0.385 e. The molecule has 0 saturated heterocycles. The zero-order valence-electron chi connectivity index (χ0n) is 14.8. The molecule has 2 N–H and O–H groups in total. The van der Waals surface area contributed by atoms with Gasteiger partial charge in [0.15, 0.2) is 5.78 Å². The summed E-state index contributed by atoms with van der Waals surface area (Å²) in [7, 11) is 0. The highest BCUT2D eigenvalue weighted by Gasteiger charge is 2.11. The third-order valence-electron chi connectivity index (χ3n) is 4.68. The smallest absolute Gasteiger partial charge is 0.165 e. The van der Waals surface area contributed by atoms with Gasteiger partial charge in [0.05, 0.1) is 0 Å². The second kappa shape index (κ2) is 8.52. The van der Waals surface area contributed by atoms with E-state index >= 15 is 0 Å². The molecule has 1 aromatic heterocycles. The van der Waals surface area contributed by atoms with E-state index in [0.717, 1.165) is 48.7 Å². The van der Waals surface area contributed by atoms with E-state index in [9.17, 15) is 4.79 Å². The minimum absolute atomic E-state index is 0.238. The lowest BCUT2D eigenvalue weighted by Gasteiger charge is -2.10. The molecule has 0 aliphatic rings. The van der Waals surface area contributed by atoms with Gasteiger partial charge in [-0.3, -0.25) is 4.79 Å². The maximum absolute atomic E-state index is 12.4. The Labute approximate surface area is 149 Å². The Kier molecular flexibility index (Phi) is 5.89. The number of aryl methyl sites for hydroxylation is 1. The molecule has 0 amide bonds. The predicted octanol–water partition coefficient (Wildman–Crippen LogP) is 5.59. The molecule has 0 bridgehead atoms. The van der Waals surface area contributed by atoms with Crippen molar-refractivity contribution in [3.63, 3.8) is 0 Å². The van der Waals surface area contributed by atoms with Crippen LogP contribution in [0.2, 0.25) is 0 Å². The number of nitrogens with one attached hydrogen (secondary N) is 2. The summed E-state index contributed by atoms with van der Waals surface area (Å²) in [6.45, 7) is 3.13. The number of hydrogen-bond donors (Lipinski definition) is 2. The second-order valence-corrected chi connectivity index (χ2v) is 6.42. The summed E-state index contributed by atoms with van der Waals surface area (Å²) in [5, 5.41) is 4.55. The highest BCUT2D eigenvalue weighted by atomic mass is 16.1. The van der Waals surface area contributed by atoms with Gasteiger partial charge in [-0.1, -0.05) is 49.7 Å². The molecule has 0 aliphatic carbocycles. The third kappa shape index (κ3) is 4.30. The van der Waals surface area contributed by atoms with Crippen LogP contribution in [0.25, 0.3) is 10.9 Å². The number of fused-ring (bicyclic) bond motifs is 1. The number of hydrogen-bond acceptors (Lipinski definition) is 2. The van der Waals surface area contributed by atoms with Gasteiger partial charge in [0.2, 0.25) is 0 Å². The van der Waals surface area contributed by atoms with Crippen LogP contribution in [-0.4, -0.2) is 17.3 Å². The summed E-state index contributed by atoms with van der Waals surface area (Å²) in [4.78, 5) is 15.6. The number of H-pyrrole nitrogens is 1. The summed E-state index contributed by atoms with van der Waals surface area (Å²) in [5.74, 6) is 0.238. The normalized spacial score (nSPS) is 10.9. The molecule has 1 heterocycles. The first-order valence-corrected chi connectivity index (χ1v) is 9.20. The van der Waals surface area contributed by atoms with E-state index < -0.39 is 0 Å². The Hall–Kier alpha value is -2.55. The number of anilines is 1. The Balaban J connectivity index is 1.41. The van der Waals surface area contributed by atoms with Crippen LogP contribution in [-0.2, 0) is 6.42 Å². The number of aromatic amines is 1. The highest BCUT2D eigenvalue weighted by molar-refractivity contribution is 6.07. The molecule has 0 aliphatic heterocycles. The number of para-hydroxylation sites is 2. The van der Waals surface area contributed by atoms with Gasteiger partial charge in [-0.05, 0) is 37.0 Å². The van der Waals surface area contributed by atoms with E-state index in [1.807, 2.05) is 30.5 Å². The van der Waals surface area contributed by atoms with Gasteiger partial charge in [-0.2, -0.15) is 0 Å². The minimum atomic E-state index is 0.238. The van der Waals surface area contributed by atoms with Crippen molar-refractivity contribution in [1.82, 2.24) is 4.98 Å². The van der Waals surface area contributed by atoms with Crippen molar-refractivity contribution >= 4 is 22.4 Å². The Morgan fingerprint density at radius 2 is 1.80 bits per heavy atom. The fraction of sp³-hybridized carbons (Fsp3) is 0.318. The van der Waals surface area contributed by atoms with Crippen molar-refractivity contribution in [1.29, 1.82) is 0 Å². The first kappa shape index (κ1) is 17.3. The molecule has 2 aromatic carbocycles. The van der Waals surface area contributed by atoms with Gasteiger partial charge in [-0.25, -0.2) is 0 Å². The number of benzene rings is 2. The van der Waals surface area contributed by atoms with Crippen molar-refractivity contribution in [3.8, 4) is 0 Å². The van der Waals surface area contributed by atoms with E-state index in [1.54, 1.807) is 0 Å². The maximum atomic E-state index is 12.4. The summed E-state index contributed by atoms with van der Waals surface area (Å²) >= 11 is 0. The van der Waals surface area contributed by atoms with E-state index in [2.05, 4.69) is 41.5 Å². The molecule has 0 atom stereocenters. The van der Waals surface area contributed by atoms with Gasteiger partial charge >= 0.3 is 0 Å². The molecule has 0 unspecified atom stereocenters. The number of carbonyl (C=O) groups excluding carboxylic acids is 1. The lowest BCUT2D eigenvalue weighted by atomic mass is 10.0. The first-order chi connectivity index (χ1) is 12.3. The van der Waals surface area contributed by atoms with Crippen molar-refractivity contribution in [2.75, 3.05) is 11.9 Å². The van der Waals surface area contributed by atoms with Gasteiger partial charge < -0.3 is 10.3 Å². The summed E-state index contributed by atoms with van der Waals surface area (Å²) in [6.07, 6.45) is 6.59. The minimum Gasteiger partial charge on any atom is -0.385 e. The Bertz CT molecular complexity index is 835. The van der Waals surface area contributed by atoms with Crippen molar-refractivity contribution in [2.45, 2.75) is 39.0 Å². The number of rotatable bonds is 9. The van der Waals surface area contributed by atoms with E-state index in [-0.39, 0.29) is 5.78 Å². The standard InChI is InChI=1S/C22H26N2O/c1-2-17-10-5-7-12-20(17)23-15-9-3-4-14-22(25)19-16-24-21-13-8-6-11-18(19)21/h5-8,10-13,16,23-24H,2-4,9,14-15H2,1H3. The van der Waals surface area contributed by atoms with Crippen LogP contribution in [0.15, 0.2) is 54.7 Å². The molecule has 0 saturated carbocycles. The molecule has 3 nitrogen and oxygen atoms in total. The van der Waals surface area contributed by atoms with Crippen LogP contribution in [0.5, 0.6) is 0 Å². The SMILES string of the molecule is CCc1ccccc1NCCCCCC(=O)c1c[nH]c2ccccc12. The molecular formula is C22H26N2O. The maximum Gasteiger partial charge on any atom is 0.165 e. The number of Topliss-reactive ketones (excluding diaryl/α,β-unsaturated/α-hetero) is 1. The summed E-state index contributed by atoms with van der Waals surface area (Å²) in [6, 6.07) is 16.4. The topological polar surface area (TPSA) is 44.9 Å². The zero-order chi connectivity index (χ0) is 17.5. The number of aromatic nitrogens is 1. The van der Waals surface area contributed by atoms with E-state index in [1.165, 1.54) is 11.3 Å². The van der Waals surface area contributed by atoms with Crippen LogP contribution < -0.4 is 5.32 Å². The predicted molar refractivity (Wildman–Crippen MR) is 105 cm³/mol. The van der Waals surface area contributed by atoms with Crippen molar-refractivity contribution in [3.05, 3.63) is 65.9 Å². The average molecular weight is 334 g/mol. The molecular weight excluding hydrogens is 308 g/mol. The zero-order valence-corrected chi connectivity index (χ0v) is 14.8. The van der Waals surface area contributed by atoms with Gasteiger partial charge in [0.1, 0.15) is 0 Å². The number of carbonyl (C=O) groups is 1. The number of ketones is 1. The van der Waals surface area contributed by atoms with Gasteiger partial charge in [0.25, 0.3) is 0 Å². The lowest BCUT2D eigenvalue weighted by molar-refractivity contribution is 0.0981. The average Bonchev–Trinajstić information content (AvgIpc) is 3.09. The molecule has 3 aromatic rings. The van der Waals surface area contributed by atoms with Crippen LogP contribution in [0.4, 0.5) is 5.69 Å². The molecule has 130 valence electrons. The monoisotopic (exact) mass is 334 g/mol. The molecule has 0 spiro atoms. The second-order valence-electron chi connectivity index (χ2n) is 6.42. The van der Waals surface area contributed by atoms with Crippen LogP contribution in [0.1, 0.15) is 48.5 Å². The fourth-order valence-corrected chi connectivity index (χ4v) is 3.25. The third-order valence-corrected chi connectivity index (χ3v) is 4.68. The first-order valence-electron chi connectivity index (χ1n) is 9.20. The number of unbranched alkanes of at least 4 members (excludes halogenated alkanes) is 2. The molecule has 25 heavy (non-hydrogen) atoms. The van der Waals surface area contributed by atoms with Crippen LogP contribution in [0.3, 0.4) is 0 Å². The fourth-order valence-electron chi connectivity index (χ4n) is 3.25. The highest BCUT2D eigenvalue weighted by Crippen LogP contribution is 2.20. The van der Waals surface area contributed by atoms with Gasteiger partial charge in [-0.15, -0.1) is 0 Å². The van der Waals surface area contributed by atoms with E-state index in [0.29, 0.717) is 6.42 Å². The molecule has 3 heteroatoms. The lowest BCUT2D eigenvalue weighted by Crippen LogP contribution is -2.04. The van der Waals surface area contributed by atoms with Crippen molar-refractivity contribution < 1.29 is 4.79 Å². The molecule has 0 radical (unpaired) electrons. The Morgan fingerprint density at radius 3 is 2.68 bits per heavy atom. The van der Waals surface area contributed by atoms with Crippen LogP contribution >= 0.6 is 0 Å². The molecule has 3 rings (SSSR count). The quantitative estimate of drug-likeness (QED) is 0.396. The van der Waals surface area contributed by atoms with Crippen molar-refractivity contribution in [2.24, 2.45) is 0 Å². The summed E-state index contributed by atoms with van der Waals surface area (Å²) in [5.41, 5.74) is 4.45. The van der Waals surface area contributed by atoms with Crippen LogP contribution in [0, 0.1) is 0 Å². The molecule has 0 fully saturated rings. The van der Waals surface area contributed by atoms with E-state index in [4.69, 9.17) is 0 Å².